The van der Waals surface area contributed by atoms with Gasteiger partial charge in [0.25, 0.3) is 0 Å². The molecule has 1 N–H and O–H groups in total. The molecule has 1 fully saturated rings. The lowest BCUT2D eigenvalue weighted by atomic mass is 10.00. The molecule has 0 spiro atoms. The summed E-state index contributed by atoms with van der Waals surface area (Å²) in [4.78, 5) is 28.7. The van der Waals surface area contributed by atoms with E-state index in [1.807, 2.05) is 35.2 Å². The summed E-state index contributed by atoms with van der Waals surface area (Å²) in [6.07, 6.45) is 4.26. The van der Waals surface area contributed by atoms with Gasteiger partial charge < -0.3 is 15.1 Å². The molecule has 1 unspecified atom stereocenters. The fourth-order valence-electron chi connectivity index (χ4n) is 4.24. The number of rotatable bonds is 8. The molecule has 0 radical (unpaired) electrons. The number of likely N-dealkylation sites (tertiary alicyclic amines) is 1. The standard InChI is InChI=1S/C24H31ClN4O2/c1-3-7-18(2)28-14-12-21(13-15-28)29(17-19-8-5-4-6-9-19)24(30)26-20-10-11-22(25)23(16-20)27-31/h4-6,8-11,16,18,21H,3,7,12-15,17H2,1-2H3,(H,26,30). The number of nitrogens with one attached hydrogen (secondary N) is 1. The van der Waals surface area contributed by atoms with Crippen LogP contribution in [-0.4, -0.2) is 41.0 Å². The van der Waals surface area contributed by atoms with E-state index in [9.17, 15) is 9.70 Å². The number of urea groups is 1. The van der Waals surface area contributed by atoms with Gasteiger partial charge in [0.1, 0.15) is 5.69 Å². The lowest BCUT2D eigenvalue weighted by Gasteiger charge is -2.40. The van der Waals surface area contributed by atoms with Gasteiger partial charge >= 0.3 is 6.03 Å². The van der Waals surface area contributed by atoms with Crippen molar-refractivity contribution in [2.75, 3.05) is 18.4 Å². The number of hydrogen-bond acceptors (Lipinski definition) is 4. The van der Waals surface area contributed by atoms with Gasteiger partial charge in [-0.15, -0.1) is 4.91 Å². The molecule has 1 aliphatic heterocycles. The van der Waals surface area contributed by atoms with Crippen molar-refractivity contribution in [2.45, 2.75) is 58.2 Å². The highest BCUT2D eigenvalue weighted by atomic mass is 35.5. The molecule has 2 amide bonds. The van der Waals surface area contributed by atoms with Crippen LogP contribution in [0.1, 0.15) is 45.1 Å². The number of hydrogen-bond donors (Lipinski definition) is 1. The van der Waals surface area contributed by atoms with Gasteiger partial charge in [0.05, 0.1) is 5.02 Å². The lowest BCUT2D eigenvalue weighted by Crippen LogP contribution is -2.50. The Morgan fingerprint density at radius 1 is 1.23 bits per heavy atom. The number of anilines is 1. The van der Waals surface area contributed by atoms with Crippen molar-refractivity contribution in [2.24, 2.45) is 5.18 Å². The molecule has 0 aliphatic carbocycles. The van der Waals surface area contributed by atoms with Gasteiger partial charge in [0.2, 0.25) is 0 Å². The van der Waals surface area contributed by atoms with Crippen LogP contribution in [0, 0.1) is 4.91 Å². The van der Waals surface area contributed by atoms with Crippen LogP contribution in [0.4, 0.5) is 16.2 Å². The van der Waals surface area contributed by atoms with E-state index < -0.39 is 0 Å². The Morgan fingerprint density at radius 3 is 2.58 bits per heavy atom. The van der Waals surface area contributed by atoms with Crippen LogP contribution in [0.2, 0.25) is 5.02 Å². The van der Waals surface area contributed by atoms with Gasteiger partial charge in [-0.05, 0) is 55.1 Å². The van der Waals surface area contributed by atoms with Crippen molar-refractivity contribution < 1.29 is 4.79 Å². The zero-order chi connectivity index (χ0) is 22.2. The maximum atomic E-state index is 13.3. The zero-order valence-corrected chi connectivity index (χ0v) is 19.0. The van der Waals surface area contributed by atoms with E-state index in [-0.39, 0.29) is 22.8 Å². The Morgan fingerprint density at radius 2 is 1.94 bits per heavy atom. The van der Waals surface area contributed by atoms with E-state index in [2.05, 4.69) is 29.2 Å². The van der Waals surface area contributed by atoms with E-state index in [4.69, 9.17) is 11.6 Å². The second kappa shape index (κ2) is 11.3. The summed E-state index contributed by atoms with van der Waals surface area (Å²) >= 11 is 5.96. The second-order valence-electron chi connectivity index (χ2n) is 8.21. The maximum absolute atomic E-state index is 13.3. The van der Waals surface area contributed by atoms with Gasteiger partial charge in [0.15, 0.2) is 0 Å². The van der Waals surface area contributed by atoms with Crippen molar-refractivity contribution in [1.82, 2.24) is 9.80 Å². The Balaban J connectivity index is 1.73. The van der Waals surface area contributed by atoms with Crippen molar-refractivity contribution >= 4 is 29.0 Å². The predicted molar refractivity (Wildman–Crippen MR) is 127 cm³/mol. The third-order valence-corrected chi connectivity index (χ3v) is 6.34. The Labute approximate surface area is 189 Å². The summed E-state index contributed by atoms with van der Waals surface area (Å²) in [5, 5.41) is 6.13. The lowest BCUT2D eigenvalue weighted by molar-refractivity contribution is 0.0989. The third-order valence-electron chi connectivity index (χ3n) is 6.02. The summed E-state index contributed by atoms with van der Waals surface area (Å²) < 4.78 is 0. The first kappa shape index (κ1) is 23.2. The van der Waals surface area contributed by atoms with Crippen LogP contribution >= 0.6 is 11.6 Å². The molecule has 1 saturated heterocycles. The predicted octanol–water partition coefficient (Wildman–Crippen LogP) is 6.43. The minimum absolute atomic E-state index is 0.118. The number of nitroso groups, excluding NO2 is 1. The summed E-state index contributed by atoms with van der Waals surface area (Å²) in [5.41, 5.74) is 1.72. The summed E-state index contributed by atoms with van der Waals surface area (Å²) in [7, 11) is 0. The molecule has 1 atom stereocenters. The Hall–Kier alpha value is -2.44. The van der Waals surface area contributed by atoms with Crippen LogP contribution in [0.25, 0.3) is 0 Å². The summed E-state index contributed by atoms with van der Waals surface area (Å²) in [6.45, 7) is 7.03. The van der Waals surface area contributed by atoms with Crippen molar-refractivity contribution in [3.63, 3.8) is 0 Å². The van der Waals surface area contributed by atoms with Gasteiger partial charge in [-0.3, -0.25) is 0 Å². The molecule has 7 heteroatoms. The molecule has 0 saturated carbocycles. The van der Waals surface area contributed by atoms with Crippen LogP contribution in [0.15, 0.2) is 53.7 Å². The molecule has 0 aromatic heterocycles. The fourth-order valence-corrected chi connectivity index (χ4v) is 4.39. The minimum Gasteiger partial charge on any atom is -0.317 e. The highest BCUT2D eigenvalue weighted by Gasteiger charge is 2.29. The largest absolute Gasteiger partial charge is 0.322 e. The van der Waals surface area contributed by atoms with E-state index in [0.29, 0.717) is 18.3 Å². The number of carbonyl (C=O) groups excluding carboxylic acids is 1. The molecule has 6 nitrogen and oxygen atoms in total. The van der Waals surface area contributed by atoms with Crippen LogP contribution in [-0.2, 0) is 6.54 Å². The first-order valence-corrected chi connectivity index (χ1v) is 11.4. The number of benzene rings is 2. The highest BCUT2D eigenvalue weighted by Crippen LogP contribution is 2.29. The van der Waals surface area contributed by atoms with Crippen molar-refractivity contribution in [3.05, 3.63) is 64.0 Å². The van der Waals surface area contributed by atoms with Gasteiger partial charge in [-0.1, -0.05) is 55.3 Å². The molecule has 166 valence electrons. The Kier molecular flexibility index (Phi) is 8.43. The molecule has 1 aliphatic rings. The molecular weight excluding hydrogens is 412 g/mol. The van der Waals surface area contributed by atoms with E-state index in [0.717, 1.165) is 31.5 Å². The maximum Gasteiger partial charge on any atom is 0.322 e. The molecule has 2 aromatic rings. The number of amides is 2. The first-order chi connectivity index (χ1) is 15.0. The number of piperidine rings is 1. The molecule has 1 heterocycles. The summed E-state index contributed by atoms with van der Waals surface area (Å²) in [6, 6.07) is 15.3. The van der Waals surface area contributed by atoms with Crippen LogP contribution in [0.5, 0.6) is 0 Å². The second-order valence-corrected chi connectivity index (χ2v) is 8.61. The average Bonchev–Trinajstić information content (AvgIpc) is 2.79. The van der Waals surface area contributed by atoms with Gasteiger partial charge in [0, 0.05) is 37.4 Å². The minimum atomic E-state index is -0.178. The highest BCUT2D eigenvalue weighted by molar-refractivity contribution is 6.33. The molecule has 31 heavy (non-hydrogen) atoms. The zero-order valence-electron chi connectivity index (χ0n) is 18.3. The normalized spacial score (nSPS) is 16.0. The van der Waals surface area contributed by atoms with Crippen molar-refractivity contribution in [3.8, 4) is 0 Å². The smallest absolute Gasteiger partial charge is 0.317 e. The molecule has 3 rings (SSSR count). The molecule has 0 bridgehead atoms. The SMILES string of the molecule is CCCC(C)N1CCC(N(Cc2ccccc2)C(=O)Nc2ccc(Cl)c(N=O)c2)CC1. The first-order valence-electron chi connectivity index (χ1n) is 11.0. The summed E-state index contributed by atoms with van der Waals surface area (Å²) in [5.74, 6) is 0. The van der Waals surface area contributed by atoms with Gasteiger partial charge in [-0.2, -0.15) is 0 Å². The van der Waals surface area contributed by atoms with Crippen molar-refractivity contribution in [1.29, 1.82) is 0 Å². The van der Waals surface area contributed by atoms with E-state index >= 15 is 0 Å². The third kappa shape index (κ3) is 6.28. The Bertz CT molecular complexity index is 869. The van der Waals surface area contributed by atoms with E-state index in [1.165, 1.54) is 18.9 Å². The number of carbonyl (C=O) groups is 1. The van der Waals surface area contributed by atoms with Crippen LogP contribution < -0.4 is 5.32 Å². The van der Waals surface area contributed by atoms with Crippen LogP contribution in [0.3, 0.4) is 0 Å². The molecule has 2 aromatic carbocycles. The monoisotopic (exact) mass is 442 g/mol. The fraction of sp³-hybridized carbons (Fsp3) is 0.458. The quantitative estimate of drug-likeness (QED) is 0.479. The number of nitrogens with zero attached hydrogens (tertiary/aromatic N) is 3. The number of halogens is 1. The van der Waals surface area contributed by atoms with Gasteiger partial charge in [-0.25, -0.2) is 4.79 Å². The van der Waals surface area contributed by atoms with E-state index in [1.54, 1.807) is 12.1 Å². The molecular formula is C24H31ClN4O2. The topological polar surface area (TPSA) is 65.0 Å². The average molecular weight is 443 g/mol.